The quantitative estimate of drug-likeness (QED) is 0.509. The molecular weight excluding hydrogens is 402 g/mol. The Morgan fingerprint density at radius 2 is 1.69 bits per heavy atom. The minimum absolute atomic E-state index is 0.763. The van der Waals surface area contributed by atoms with Crippen LogP contribution in [0.2, 0.25) is 43.3 Å². The first kappa shape index (κ1) is 13.6. The van der Waals surface area contributed by atoms with Crippen LogP contribution in [-0.4, -0.2) is 60.6 Å². The fourth-order valence-electron chi connectivity index (χ4n) is 18.9. The van der Waals surface area contributed by atoms with Gasteiger partial charge in [-0.2, -0.15) is 0 Å². The summed E-state index contributed by atoms with van der Waals surface area (Å²) in [5, 5.41) is 4.32. The van der Waals surface area contributed by atoms with Crippen molar-refractivity contribution in [2.24, 2.45) is 0 Å². The second-order valence-electron chi connectivity index (χ2n) is 14.7. The third-order valence-electron chi connectivity index (χ3n) is 18.3. The molecule has 0 radical (unpaired) electrons. The molecule has 11 saturated heterocycles. The maximum atomic E-state index is 6.20. The van der Waals surface area contributed by atoms with Crippen LogP contribution in [0.1, 0.15) is 6.42 Å². The van der Waals surface area contributed by atoms with Gasteiger partial charge in [0, 0.05) is 0 Å². The van der Waals surface area contributed by atoms with Crippen LogP contribution in [0.5, 0.6) is 5.75 Å². The molecule has 156 valence electrons. The maximum absolute atomic E-state index is 6.20. The van der Waals surface area contributed by atoms with Gasteiger partial charge < -0.3 is 4.90 Å². The number of hydrogen-bond acceptors (Lipinski definition) is 4. The van der Waals surface area contributed by atoms with Gasteiger partial charge >= 0.3 is 151 Å². The Hall–Kier alpha value is -0.741. The molecule has 11 heterocycles. The monoisotopic (exact) mass is 433 g/mol. The third-order valence-corrected chi connectivity index (χ3v) is 60.5. The summed E-state index contributed by atoms with van der Waals surface area (Å²) in [7, 11) is 2.23. The number of benzene rings is 1. The first-order valence-corrected chi connectivity index (χ1v) is 18.4. The first-order chi connectivity index (χ1) is 14.0. The molecular formula is C24H31FeN3O. The van der Waals surface area contributed by atoms with E-state index in [9.17, 15) is 0 Å². The number of rotatable bonds is 7. The summed E-state index contributed by atoms with van der Waals surface area (Å²) in [5.41, 5.74) is 1.40. The summed E-state index contributed by atoms with van der Waals surface area (Å²) in [4.78, 5) is 17.4. The molecule has 0 aromatic heterocycles. The normalized spacial score (nSPS) is 79.0. The van der Waals surface area contributed by atoms with Crippen molar-refractivity contribution in [2.45, 2.75) is 54.2 Å². The van der Waals surface area contributed by atoms with Gasteiger partial charge in [0.25, 0.3) is 0 Å². The van der Waals surface area contributed by atoms with E-state index in [1.165, 1.54) is 81.8 Å². The number of piperazine rings is 1. The Kier molecular flexibility index (Phi) is 0.844. The SMILES string of the molecule is CN1CCN(CCCOc2cccc(N[C]34[CH]5[CH]6[CH]7[CH]3[Fe]6754389%10[CH]4[CH]3[CH]8[CH]9[CH]4%10)c2)CC1. The Morgan fingerprint density at radius 3 is 2.28 bits per heavy atom. The average Bonchev–Trinajstić information content (AvgIpc) is 3.67. The van der Waals surface area contributed by atoms with Crippen molar-refractivity contribution in [3.63, 3.8) is 0 Å². The van der Waals surface area contributed by atoms with E-state index in [4.69, 9.17) is 4.74 Å². The van der Waals surface area contributed by atoms with E-state index in [2.05, 4.69) is 46.4 Å². The first-order valence-electron chi connectivity index (χ1n) is 12.1. The molecule has 1 N–H and O–H groups in total. The molecule has 4 atom stereocenters. The number of fused-ring (bicyclic) bond motifs is 10. The summed E-state index contributed by atoms with van der Waals surface area (Å²) in [6.45, 7) is 3.83. The second-order valence-corrected chi connectivity index (χ2v) is 38.2. The molecule has 4 nitrogen and oxygen atoms in total. The van der Waals surface area contributed by atoms with E-state index in [-0.39, 0.29) is 0 Å². The molecule has 1 aromatic rings. The Morgan fingerprint density at radius 1 is 1.00 bits per heavy atom. The molecule has 5 heteroatoms. The van der Waals surface area contributed by atoms with Crippen LogP contribution >= 0.6 is 0 Å². The molecule has 0 saturated carbocycles. The van der Waals surface area contributed by atoms with Crippen molar-refractivity contribution >= 4 is 5.69 Å². The Labute approximate surface area is 162 Å². The fraction of sp³-hybridized carbons (Fsp3) is 0.750. The van der Waals surface area contributed by atoms with Crippen molar-refractivity contribution in [3.05, 3.63) is 24.3 Å². The standard InChI is InChI=1S/C19H26N3O.C5H5.Fe/c1-21-11-13-22(14-12-21)10-5-15-23-19-9-4-8-18(16-19)20-17-6-2-3-7-17;1-2-4-5-3-1;/h2-4,6-9,16,20H,5,10-15H2,1H3;1-5H;. The Balaban J connectivity index is 0.806. The molecule has 29 heavy (non-hydrogen) atoms. The van der Waals surface area contributed by atoms with E-state index < -0.39 is 6.51 Å². The van der Waals surface area contributed by atoms with Crippen LogP contribution in [0, 0.1) is 0 Å². The number of ether oxygens (including phenoxy) is 1. The summed E-state index contributed by atoms with van der Waals surface area (Å²) < 4.78 is 6.96. The van der Waals surface area contributed by atoms with Crippen LogP contribution in [0.4, 0.5) is 5.69 Å². The fourth-order valence-corrected chi connectivity index (χ4v) is 92.0. The van der Waals surface area contributed by atoms with Crippen LogP contribution in [0.3, 0.4) is 0 Å². The van der Waals surface area contributed by atoms with Gasteiger partial charge in [-0.25, -0.2) is 0 Å². The molecule has 0 amide bonds. The van der Waals surface area contributed by atoms with E-state index in [1.54, 1.807) is 0 Å². The van der Waals surface area contributed by atoms with Gasteiger partial charge in [-0.3, -0.25) is 0 Å². The van der Waals surface area contributed by atoms with E-state index in [1.807, 2.05) is 0 Å². The molecule has 0 aliphatic carbocycles. The summed E-state index contributed by atoms with van der Waals surface area (Å²) in [5.74, 6) is 1.08. The molecule has 11 fully saturated rings. The van der Waals surface area contributed by atoms with Gasteiger partial charge in [-0.15, -0.1) is 0 Å². The topological polar surface area (TPSA) is 27.7 Å². The van der Waals surface area contributed by atoms with Gasteiger partial charge in [-0.1, -0.05) is 0 Å². The van der Waals surface area contributed by atoms with E-state index in [0.29, 0.717) is 0 Å². The van der Waals surface area contributed by atoms with Crippen molar-refractivity contribution in [2.75, 3.05) is 51.7 Å². The van der Waals surface area contributed by atoms with Gasteiger partial charge in [0.1, 0.15) is 0 Å². The van der Waals surface area contributed by atoms with Crippen molar-refractivity contribution in [1.29, 1.82) is 0 Å². The summed E-state index contributed by atoms with van der Waals surface area (Å²) in [6, 6.07) is 9.06. The number of hydrogen-bond donors (Lipinski definition) is 1. The summed E-state index contributed by atoms with van der Waals surface area (Å²) >= 11 is 0. The zero-order valence-electron chi connectivity index (χ0n) is 17.1. The predicted molar refractivity (Wildman–Crippen MR) is 111 cm³/mol. The van der Waals surface area contributed by atoms with E-state index >= 15 is 0 Å². The number of anilines is 1. The molecule has 11 aliphatic rings. The number of nitrogens with zero attached hydrogens (tertiary/aromatic N) is 2. The molecule has 11 aliphatic heterocycles. The minimum atomic E-state index is -3.02. The number of nitrogens with one attached hydrogen (secondary N) is 1. The molecule has 1 spiro atoms. The van der Waals surface area contributed by atoms with Crippen LogP contribution < -0.4 is 10.1 Å². The molecule has 12 rings (SSSR count). The molecule has 1 aromatic carbocycles. The van der Waals surface area contributed by atoms with Crippen molar-refractivity contribution in [1.82, 2.24) is 9.80 Å². The third kappa shape index (κ3) is 0.292. The van der Waals surface area contributed by atoms with Gasteiger partial charge in [0.05, 0.1) is 0 Å². The zero-order chi connectivity index (χ0) is 18.5. The second kappa shape index (κ2) is 1.80. The summed E-state index contributed by atoms with van der Waals surface area (Å²) in [6.07, 6.45) is 1.13. The van der Waals surface area contributed by atoms with Gasteiger partial charge in [-0.05, 0) is 7.05 Å². The Bertz CT molecular complexity index is 1340. The van der Waals surface area contributed by atoms with Gasteiger partial charge in [0.2, 0.25) is 0 Å². The predicted octanol–water partition coefficient (Wildman–Crippen LogP) is 4.41. The average molecular weight is 433 g/mol. The van der Waals surface area contributed by atoms with Crippen molar-refractivity contribution in [3.8, 4) is 5.75 Å². The van der Waals surface area contributed by atoms with Crippen LogP contribution in [0.15, 0.2) is 24.3 Å². The van der Waals surface area contributed by atoms with Crippen LogP contribution in [0.25, 0.3) is 0 Å². The zero-order valence-corrected chi connectivity index (χ0v) is 18.2. The van der Waals surface area contributed by atoms with Gasteiger partial charge in [0.15, 0.2) is 0 Å². The van der Waals surface area contributed by atoms with E-state index in [0.717, 1.165) is 23.2 Å². The molecule has 4 unspecified atom stereocenters. The van der Waals surface area contributed by atoms with Crippen LogP contribution in [-0.2, 0) is 6.51 Å². The van der Waals surface area contributed by atoms with Crippen molar-refractivity contribution < 1.29 is 11.2 Å². The molecule has 0 bridgehead atoms. The number of likely N-dealkylation sites (N-methyl/N-ethyl adjacent to an activating group) is 1.